The number of furan rings is 1. The second-order valence-electron chi connectivity index (χ2n) is 18.5. The zero-order valence-corrected chi connectivity index (χ0v) is 42.0. The van der Waals surface area contributed by atoms with Crippen molar-refractivity contribution in [2.75, 3.05) is 0 Å². The second kappa shape index (κ2) is 17.9. The number of hydrogen-bond donors (Lipinski definition) is 0. The van der Waals surface area contributed by atoms with Crippen LogP contribution >= 0.6 is 0 Å². The smallest absolute Gasteiger partial charge is 0 e. The summed E-state index contributed by atoms with van der Waals surface area (Å²) >= 11 is -1.72. The second-order valence-corrected chi connectivity index (χ2v) is 29.1. The molecular weight excluding hydrogens is 1030 g/mol. The number of fused-ring (bicyclic) bond motifs is 6. The molecule has 11 aromatic rings. The third kappa shape index (κ3) is 8.53. The number of hydrogen-bond acceptors (Lipinski definition) is 3. The predicted molar refractivity (Wildman–Crippen MR) is 271 cm³/mol. The van der Waals surface area contributed by atoms with E-state index in [2.05, 4.69) is 199 Å². The molecule has 4 nitrogen and oxygen atoms in total. The van der Waals surface area contributed by atoms with Gasteiger partial charge in [-0.3, -0.25) is 4.98 Å². The monoisotopic (exact) mass is 1080 g/mol. The van der Waals surface area contributed by atoms with E-state index in [0.29, 0.717) is 0 Å². The molecule has 3 aromatic heterocycles. The van der Waals surface area contributed by atoms with Gasteiger partial charge in [-0.2, -0.15) is 0 Å². The topological polar surface area (TPSA) is 43.9 Å². The van der Waals surface area contributed by atoms with Crippen LogP contribution in [0.5, 0.6) is 0 Å². The molecule has 0 saturated heterocycles. The van der Waals surface area contributed by atoms with Gasteiger partial charge in [0.05, 0.1) is 28.1 Å². The van der Waals surface area contributed by atoms with Gasteiger partial charge in [0, 0.05) is 42.0 Å². The number of aromatic nitrogens is 3. The first-order valence-corrected chi connectivity index (χ1v) is 29.3. The molecule has 0 amide bonds. The maximum absolute atomic E-state index is 6.62. The van der Waals surface area contributed by atoms with Crippen LogP contribution in [0.25, 0.3) is 94.3 Å². The van der Waals surface area contributed by atoms with Crippen LogP contribution in [0.4, 0.5) is 0 Å². The standard InChI is InChI=1S/C45H33N2O.C14H16GeN.Ir/c1-45(2,3)32-27-37(29-15-6-4-7-16-29)42(38(28-32)30-17-8-5-9-18-30)47-39-26-25-31-19-10-11-20-33(31)41(39)46-44(47)36-23-14-22-35-34-21-12-13-24-40(34)48-43(35)36;1-15(2,3)13-9-10-14(16-11-13)12-7-5-4-6-8-12;/h4-22,24-28H,1-3H3;4-7,9-11H,1-3H3;/q2*-1;. The minimum absolute atomic E-state index is 0. The van der Waals surface area contributed by atoms with Gasteiger partial charge < -0.3 is 8.98 Å². The summed E-state index contributed by atoms with van der Waals surface area (Å²) in [6, 6.07) is 70.5. The number of benzene rings is 8. The van der Waals surface area contributed by atoms with Gasteiger partial charge in [0.1, 0.15) is 5.58 Å². The summed E-state index contributed by atoms with van der Waals surface area (Å²) in [5.41, 5.74) is 13.4. The van der Waals surface area contributed by atoms with Gasteiger partial charge >= 0.3 is 99.8 Å². The fraction of sp³-hybridized carbons (Fsp3) is 0.119. The number of imidazole rings is 1. The van der Waals surface area contributed by atoms with Gasteiger partial charge in [-0.1, -0.05) is 141 Å². The quantitative estimate of drug-likeness (QED) is 0.123. The molecule has 0 unspecified atom stereocenters. The van der Waals surface area contributed by atoms with Crippen molar-refractivity contribution < 1.29 is 24.5 Å². The van der Waals surface area contributed by atoms with E-state index in [1.165, 1.54) is 9.96 Å². The van der Waals surface area contributed by atoms with Crippen molar-refractivity contribution in [2.24, 2.45) is 0 Å². The zero-order valence-electron chi connectivity index (χ0n) is 37.5. The molecule has 0 aliphatic carbocycles. The van der Waals surface area contributed by atoms with Gasteiger partial charge in [-0.05, 0) is 51.8 Å². The summed E-state index contributed by atoms with van der Waals surface area (Å²) in [4.78, 5) is 10.1. The van der Waals surface area contributed by atoms with Gasteiger partial charge in [-0.25, -0.2) is 0 Å². The van der Waals surface area contributed by atoms with Crippen LogP contribution in [0, 0.1) is 12.1 Å². The molecule has 65 heavy (non-hydrogen) atoms. The van der Waals surface area contributed by atoms with Crippen molar-refractivity contribution in [1.29, 1.82) is 0 Å². The number of nitrogens with zero attached hydrogens (tertiary/aromatic N) is 3. The molecule has 0 atom stereocenters. The van der Waals surface area contributed by atoms with Crippen LogP contribution in [0.15, 0.2) is 193 Å². The van der Waals surface area contributed by atoms with Crippen LogP contribution < -0.4 is 4.40 Å². The SMILES string of the molecule is CC(C)(C)c1cc(-c2ccccc2)c(-n2c(-c3[c-]ccc4c3oc3ccccc34)nc3c4ccccc4ccc32)c(-c2ccccc2)c1.[CH3][Ge]([CH3])([CH3])[c]1ccc(-c2[c-]cccc2)nc1.[Ir]. The average molecular weight is 1080 g/mol. The van der Waals surface area contributed by atoms with E-state index >= 15 is 0 Å². The Morgan fingerprint density at radius 1 is 0.600 bits per heavy atom. The van der Waals surface area contributed by atoms with Crippen LogP contribution in [-0.4, -0.2) is 27.8 Å². The molecule has 1 radical (unpaired) electrons. The molecule has 0 aliphatic rings. The fourth-order valence-corrected chi connectivity index (χ4v) is 10.8. The molecule has 11 rings (SSSR count). The van der Waals surface area contributed by atoms with Crippen LogP contribution in [0.2, 0.25) is 17.3 Å². The summed E-state index contributed by atoms with van der Waals surface area (Å²) in [6.07, 6.45) is 2.04. The zero-order chi connectivity index (χ0) is 44.0. The van der Waals surface area contributed by atoms with E-state index in [1.807, 2.05) is 48.7 Å². The Hall–Kier alpha value is -6.37. The van der Waals surface area contributed by atoms with Gasteiger partial charge in [-0.15, -0.1) is 18.2 Å². The minimum atomic E-state index is -1.72. The Balaban J connectivity index is 0.000000266. The molecule has 321 valence electrons. The van der Waals surface area contributed by atoms with Crippen LogP contribution in [0.1, 0.15) is 26.3 Å². The van der Waals surface area contributed by atoms with E-state index in [4.69, 9.17) is 9.40 Å². The molecule has 0 fully saturated rings. The van der Waals surface area contributed by atoms with E-state index < -0.39 is 13.3 Å². The van der Waals surface area contributed by atoms with Crippen molar-refractivity contribution >= 4 is 61.4 Å². The summed E-state index contributed by atoms with van der Waals surface area (Å²) in [7, 11) is 0. The molecular formula is C59H49GeIrN3O-2. The third-order valence-corrected chi connectivity index (χ3v) is 16.4. The Labute approximate surface area is 397 Å². The average Bonchev–Trinajstić information content (AvgIpc) is 3.91. The van der Waals surface area contributed by atoms with E-state index in [1.54, 1.807) is 0 Å². The molecule has 6 heteroatoms. The summed E-state index contributed by atoms with van der Waals surface area (Å²) in [6.45, 7) is 6.85. The maximum Gasteiger partial charge on any atom is 0 e. The number of pyridine rings is 1. The molecule has 0 saturated carbocycles. The first-order chi connectivity index (χ1) is 31.0. The molecule has 3 heterocycles. The van der Waals surface area contributed by atoms with Gasteiger partial charge in [0.25, 0.3) is 0 Å². The van der Waals surface area contributed by atoms with Gasteiger partial charge in [0.2, 0.25) is 0 Å². The van der Waals surface area contributed by atoms with Crippen molar-refractivity contribution in [2.45, 2.75) is 43.5 Å². The molecule has 0 bridgehead atoms. The predicted octanol–water partition coefficient (Wildman–Crippen LogP) is 15.3. The fourth-order valence-electron chi connectivity index (χ4n) is 8.60. The van der Waals surface area contributed by atoms with Crippen molar-refractivity contribution in [1.82, 2.24) is 14.5 Å². The Morgan fingerprint density at radius 2 is 1.25 bits per heavy atom. The van der Waals surface area contributed by atoms with Crippen LogP contribution in [0.3, 0.4) is 0 Å². The van der Waals surface area contributed by atoms with Gasteiger partial charge in [0.15, 0.2) is 0 Å². The minimum Gasteiger partial charge on any atom is 0 e. The number of rotatable bonds is 6. The molecule has 8 aromatic carbocycles. The van der Waals surface area contributed by atoms with Crippen molar-refractivity contribution in [3.63, 3.8) is 0 Å². The summed E-state index contributed by atoms with van der Waals surface area (Å²) < 4.78 is 10.4. The van der Waals surface area contributed by atoms with Crippen LogP contribution in [-0.2, 0) is 25.5 Å². The first kappa shape index (κ1) is 43.9. The van der Waals surface area contributed by atoms with E-state index in [9.17, 15) is 0 Å². The maximum atomic E-state index is 6.62. The Bertz CT molecular complexity index is 3380. The van der Waals surface area contributed by atoms with Crippen molar-refractivity contribution in [3.8, 4) is 50.6 Å². The molecule has 0 N–H and O–H groups in total. The summed E-state index contributed by atoms with van der Waals surface area (Å²) in [5.74, 6) is 7.94. The third-order valence-electron chi connectivity index (χ3n) is 12.1. The van der Waals surface area contributed by atoms with Crippen molar-refractivity contribution in [3.05, 3.63) is 206 Å². The largest absolute Gasteiger partial charge is 0 e. The first-order valence-electron chi connectivity index (χ1n) is 22.0. The number of para-hydroxylation sites is 1. The Kier molecular flexibility index (Phi) is 12.1. The summed E-state index contributed by atoms with van der Waals surface area (Å²) in [5, 5.41) is 4.40. The van der Waals surface area contributed by atoms with E-state index in [-0.39, 0.29) is 25.5 Å². The normalized spacial score (nSPS) is 11.7. The van der Waals surface area contributed by atoms with E-state index in [0.717, 1.165) is 94.3 Å². The Morgan fingerprint density at radius 3 is 1.88 bits per heavy atom. The molecule has 0 aliphatic heterocycles. The molecule has 0 spiro atoms.